The normalized spacial score (nSPS) is 13.6. The minimum absolute atomic E-state index is 0.0329. The number of rotatable bonds is 16. The Bertz CT molecular complexity index is 6710. The SMILES string of the molecule is Cc1ccccc1C(=O)Nc1ccc(-c2cccc3c2OC(F)(F)O3)cn1.Cc1cccnc1C(=O)Nc1ccc(-c2cccc3c2OC(F)(F)O3)cn1.O=C(Nc1ccc(-c2cc3c(cc2Br)OCO3)cn1)OCc1ccccc1Cl.O=C(Nc1cnc(-c2cccc3c2OC(F)(F)O3)cn1)c1c(F)cccc1F.O=C(Nc1cnc(-c2cccc3c2OC(F)(F)O3)cn1)c1ccccc1F. The van der Waals surface area contributed by atoms with Crippen LogP contribution in [-0.4, -0.2) is 102 Å². The Balaban J connectivity index is 0.000000124. The van der Waals surface area contributed by atoms with Crippen molar-refractivity contribution in [3.8, 4) is 113 Å². The van der Waals surface area contributed by atoms with E-state index in [1.54, 1.807) is 104 Å². The Morgan fingerprint density at radius 3 is 1.24 bits per heavy atom. The molecule has 0 saturated heterocycles. The van der Waals surface area contributed by atoms with Crippen LogP contribution >= 0.6 is 27.5 Å². The number of hydrogen-bond donors (Lipinski definition) is 5. The molecular weight excluding hydrogens is 1900 g/mol. The molecule has 5 N–H and O–H groups in total. The van der Waals surface area contributed by atoms with Gasteiger partial charge in [0, 0.05) is 89.9 Å². The fourth-order valence-electron chi connectivity index (χ4n) is 13.3. The van der Waals surface area contributed by atoms with Crippen LogP contribution in [0.3, 0.4) is 0 Å². The van der Waals surface area contributed by atoms with Crippen molar-refractivity contribution in [2.75, 3.05) is 33.4 Å². The first-order valence-electron chi connectivity index (χ1n) is 40.0. The Hall–Kier alpha value is -17.1. The van der Waals surface area contributed by atoms with Gasteiger partial charge in [0.2, 0.25) is 6.79 Å². The quantitative estimate of drug-likeness (QED) is 0.0561. The van der Waals surface area contributed by atoms with Gasteiger partial charge in [-0.15, -0.1) is 35.1 Å². The van der Waals surface area contributed by atoms with Crippen molar-refractivity contribution < 1.29 is 124 Å². The van der Waals surface area contributed by atoms with E-state index in [0.717, 1.165) is 62.8 Å². The van der Waals surface area contributed by atoms with Crippen LogP contribution in [0.1, 0.15) is 58.3 Å². The van der Waals surface area contributed by atoms with Crippen LogP contribution < -0.4 is 74.0 Å². The lowest BCUT2D eigenvalue weighted by atomic mass is 10.1. The largest absolute Gasteiger partial charge is 0.586 e. The summed E-state index contributed by atoms with van der Waals surface area (Å²) in [6.45, 7) is 3.92. The number of anilines is 5. The number of ether oxygens (including phenoxy) is 11. The maximum absolute atomic E-state index is 13.7. The van der Waals surface area contributed by atoms with Crippen molar-refractivity contribution in [2.24, 2.45) is 0 Å². The number of alkyl halides is 8. The summed E-state index contributed by atoms with van der Waals surface area (Å²) >= 11 is 9.58. The highest BCUT2D eigenvalue weighted by Gasteiger charge is 2.48. The lowest BCUT2D eigenvalue weighted by Gasteiger charge is -2.09. The highest BCUT2D eigenvalue weighted by Crippen LogP contribution is 2.52. The van der Waals surface area contributed by atoms with Crippen LogP contribution in [0.5, 0.6) is 57.5 Å². The number of carbonyl (C=O) groups excluding carboxylic acids is 5. The van der Waals surface area contributed by atoms with Gasteiger partial charge >= 0.3 is 31.3 Å². The molecule has 0 unspecified atom stereocenters. The summed E-state index contributed by atoms with van der Waals surface area (Å²) in [6.07, 6.45) is -4.62. The summed E-state index contributed by atoms with van der Waals surface area (Å²) in [6, 6.07) is 58.0. The third kappa shape index (κ3) is 22.3. The minimum Gasteiger partial charge on any atom is -0.454 e. The van der Waals surface area contributed by atoms with Gasteiger partial charge < -0.3 is 73.4 Å². The zero-order valence-corrected chi connectivity index (χ0v) is 72.3. The summed E-state index contributed by atoms with van der Waals surface area (Å²) in [7, 11) is 0. The van der Waals surface area contributed by atoms with Crippen LogP contribution in [0.15, 0.2) is 279 Å². The van der Waals surface area contributed by atoms with Gasteiger partial charge in [-0.3, -0.25) is 39.4 Å². The zero-order valence-electron chi connectivity index (χ0n) is 69.9. The Labute approximate surface area is 779 Å². The summed E-state index contributed by atoms with van der Waals surface area (Å²) in [5.74, 6) is -3.51. The summed E-state index contributed by atoms with van der Waals surface area (Å²) in [5, 5.41) is 13.1. The number of hydrogen-bond acceptors (Lipinski definition) is 24. The third-order valence-corrected chi connectivity index (χ3v) is 20.7. The lowest BCUT2D eigenvalue weighted by molar-refractivity contribution is -0.287. The van der Waals surface area contributed by atoms with E-state index in [9.17, 15) is 72.3 Å². The molecule has 5 aliphatic rings. The molecule has 9 aromatic carbocycles. The minimum atomic E-state index is -3.79. The summed E-state index contributed by atoms with van der Waals surface area (Å²) in [4.78, 5) is 93.5. The molecule has 5 aliphatic heterocycles. The first-order chi connectivity index (χ1) is 65.7. The van der Waals surface area contributed by atoms with Gasteiger partial charge in [0.25, 0.3) is 23.6 Å². The molecule has 0 spiro atoms. The van der Waals surface area contributed by atoms with Crippen LogP contribution in [0.2, 0.25) is 5.02 Å². The van der Waals surface area contributed by atoms with Crippen LogP contribution in [0.4, 0.5) is 82.2 Å². The molecule has 5 amide bonds. The van der Waals surface area contributed by atoms with Crippen LogP contribution in [-0.2, 0) is 11.3 Å². The molecular formula is C95H60BrClF11N13O16. The molecule has 0 atom stereocenters. The van der Waals surface area contributed by atoms with Crippen molar-refractivity contribution in [3.05, 3.63) is 340 Å². The second-order valence-corrected chi connectivity index (χ2v) is 30.2. The summed E-state index contributed by atoms with van der Waals surface area (Å²) < 4.78 is 200. The number of pyridine rings is 4. The van der Waals surface area contributed by atoms with Crippen molar-refractivity contribution in [2.45, 2.75) is 45.6 Å². The molecule has 42 heteroatoms. The van der Waals surface area contributed by atoms with E-state index in [1.165, 1.54) is 104 Å². The molecule has 15 aromatic rings. The van der Waals surface area contributed by atoms with Crippen molar-refractivity contribution in [1.29, 1.82) is 0 Å². The van der Waals surface area contributed by atoms with E-state index in [4.69, 9.17) is 25.8 Å². The standard InChI is InChI=1S/C20H14BrClN2O4.C20H14F2N2O3.C19H13F2N3O3.C18H9F4N3O3.C18H10F3N3O3/c21-15-8-18-17(27-11-28-18)7-14(15)12-5-6-19(23-9-12)24-20(25)26-10-13-3-1-2-4-16(13)22;1-12-5-2-3-6-14(12)19(25)24-17-10-9-13(11-23-17)15-7-4-8-16-18(15)27-20(21,22)26-16;1-11-4-3-9-22-16(11)18(25)24-15-8-7-12(10-23-15)13-5-2-6-14-17(13)27-19(20,21)26-14;19-10-4-2-5-11(20)15(10)17(26)25-14-8-23-12(7-24-14)9-3-1-6-13-16(9)28-18(21,22)27-13;19-12-6-2-1-4-10(12)17(25)24-15-9-22-13(8-23-15)11-5-3-7-14-16(11)27-18(20,21)26-14/h1-9H,10-11H2,(H,23,24,25);2-11H,1H3,(H,23,24,25);2-10H,1H3,(H,23,24,25);1-8H,(H,24,25,26);1-9H,(H,23,24,25). The number of nitrogens with zero attached hydrogens (tertiary/aromatic N) is 8. The molecule has 29 nitrogen and oxygen atoms in total. The van der Waals surface area contributed by atoms with Crippen LogP contribution in [0.25, 0.3) is 55.9 Å². The average molecular weight is 1960 g/mol. The van der Waals surface area contributed by atoms with Gasteiger partial charge in [-0.2, -0.15) is 0 Å². The number of nitrogens with one attached hydrogen (secondary N) is 5. The first kappa shape index (κ1) is 93.1. The molecule has 6 aromatic heterocycles. The van der Waals surface area contributed by atoms with Gasteiger partial charge in [0.05, 0.1) is 41.7 Å². The van der Waals surface area contributed by atoms with E-state index in [2.05, 4.69) is 120 Å². The first-order valence-corrected chi connectivity index (χ1v) is 41.2. The number of para-hydroxylation sites is 4. The van der Waals surface area contributed by atoms with E-state index in [-0.39, 0.29) is 111 Å². The number of carbonyl (C=O) groups is 5. The smallest absolute Gasteiger partial charge is 0.454 e. The van der Waals surface area contributed by atoms with Gasteiger partial charge in [-0.05, 0) is 152 Å². The molecule has 137 heavy (non-hydrogen) atoms. The number of aryl methyl sites for hydroxylation is 2. The molecule has 0 saturated carbocycles. The molecule has 0 bridgehead atoms. The van der Waals surface area contributed by atoms with E-state index < -0.39 is 66.1 Å². The monoisotopic (exact) mass is 1960 g/mol. The molecule has 0 radical (unpaired) electrons. The molecule has 20 rings (SSSR count). The topological polar surface area (TPSA) is 350 Å². The van der Waals surface area contributed by atoms with Gasteiger partial charge in [-0.1, -0.05) is 125 Å². The predicted octanol–water partition coefficient (Wildman–Crippen LogP) is 22.2. The number of halogens is 13. The second kappa shape index (κ2) is 39.7. The average Bonchev–Trinajstić information content (AvgIpc) is 1.67. The molecule has 0 fully saturated rings. The number of amides is 5. The van der Waals surface area contributed by atoms with E-state index in [1.807, 2.05) is 49.4 Å². The van der Waals surface area contributed by atoms with E-state index in [0.29, 0.717) is 67.5 Å². The predicted molar refractivity (Wildman–Crippen MR) is 473 cm³/mol. The molecule has 0 aliphatic carbocycles. The maximum atomic E-state index is 13.7. The Morgan fingerprint density at radius 1 is 0.365 bits per heavy atom. The second-order valence-electron chi connectivity index (χ2n) is 28.9. The third-order valence-electron chi connectivity index (χ3n) is 19.7. The van der Waals surface area contributed by atoms with Gasteiger partial charge in [0.1, 0.15) is 52.8 Å². The zero-order chi connectivity index (χ0) is 96.5. The highest BCUT2D eigenvalue weighted by molar-refractivity contribution is 9.10. The number of fused-ring (bicyclic) bond motifs is 5. The van der Waals surface area contributed by atoms with Crippen molar-refractivity contribution in [1.82, 2.24) is 39.9 Å². The lowest BCUT2D eigenvalue weighted by Crippen LogP contribution is -2.26. The highest BCUT2D eigenvalue weighted by atomic mass is 79.9. The van der Waals surface area contributed by atoms with Gasteiger partial charge in [0.15, 0.2) is 69.1 Å². The maximum Gasteiger partial charge on any atom is 0.586 e. The van der Waals surface area contributed by atoms with Crippen LogP contribution in [0, 0.1) is 31.3 Å². The number of aromatic nitrogens is 8. The Kier molecular flexibility index (Phi) is 27.0. The van der Waals surface area contributed by atoms with E-state index >= 15 is 0 Å². The summed E-state index contributed by atoms with van der Waals surface area (Å²) in [5.41, 5.74) is 6.82. The van der Waals surface area contributed by atoms with Gasteiger partial charge in [-0.25, -0.2) is 42.9 Å². The number of benzene rings is 9. The fourth-order valence-corrected chi connectivity index (χ4v) is 14.1. The molecule has 692 valence electrons. The van der Waals surface area contributed by atoms with Crippen molar-refractivity contribution >= 4 is 86.3 Å². The molecule has 11 heterocycles. The Morgan fingerprint density at radius 2 is 0.766 bits per heavy atom. The fraction of sp³-hybridized carbons (Fsp3) is 0.0842. The van der Waals surface area contributed by atoms with Crippen molar-refractivity contribution in [3.63, 3.8) is 0 Å².